The van der Waals surface area contributed by atoms with Crippen LogP contribution in [0.3, 0.4) is 0 Å². The fourth-order valence-electron chi connectivity index (χ4n) is 2.82. The minimum Gasteiger partial charge on any atom is -0.338 e. The van der Waals surface area contributed by atoms with Gasteiger partial charge in [-0.05, 0) is 43.5 Å². The average Bonchev–Trinajstić information content (AvgIpc) is 2.90. The van der Waals surface area contributed by atoms with Gasteiger partial charge < -0.3 is 10.6 Å². The van der Waals surface area contributed by atoms with Crippen molar-refractivity contribution in [1.82, 2.24) is 15.5 Å². The van der Waals surface area contributed by atoms with Crippen molar-refractivity contribution in [2.24, 2.45) is 5.92 Å². The second kappa shape index (κ2) is 7.83. The molecule has 2 rings (SSSR count). The van der Waals surface area contributed by atoms with Crippen LogP contribution in [0.25, 0.3) is 0 Å². The van der Waals surface area contributed by atoms with Crippen LogP contribution >= 0.6 is 0 Å². The first kappa shape index (κ1) is 18.5. The van der Waals surface area contributed by atoms with Gasteiger partial charge in [0.05, 0.1) is 12.6 Å². The Morgan fingerprint density at radius 1 is 1.42 bits per heavy atom. The molecule has 1 saturated heterocycles. The summed E-state index contributed by atoms with van der Waals surface area (Å²) in [6.45, 7) is 1.84. The van der Waals surface area contributed by atoms with Crippen LogP contribution < -0.4 is 10.6 Å². The molecule has 2 atom stereocenters. The largest absolute Gasteiger partial charge is 0.401 e. The van der Waals surface area contributed by atoms with Crippen molar-refractivity contribution in [1.29, 1.82) is 0 Å². The van der Waals surface area contributed by atoms with Gasteiger partial charge in [-0.1, -0.05) is 12.1 Å². The summed E-state index contributed by atoms with van der Waals surface area (Å²) in [5, 5.41) is 5.36. The first-order valence-corrected chi connectivity index (χ1v) is 7.82. The number of halogens is 4. The molecule has 1 aliphatic rings. The summed E-state index contributed by atoms with van der Waals surface area (Å²) in [4.78, 5) is 13.2. The summed E-state index contributed by atoms with van der Waals surface area (Å²) in [5.41, 5.74) is 0.641. The predicted molar refractivity (Wildman–Crippen MR) is 82.0 cm³/mol. The van der Waals surface area contributed by atoms with E-state index in [4.69, 9.17) is 0 Å². The molecule has 0 aromatic heterocycles. The van der Waals surface area contributed by atoms with E-state index in [1.807, 2.05) is 0 Å². The van der Waals surface area contributed by atoms with E-state index in [0.717, 1.165) is 0 Å². The fraction of sp³-hybridized carbons (Fsp3) is 0.562. The summed E-state index contributed by atoms with van der Waals surface area (Å²) >= 11 is 0. The van der Waals surface area contributed by atoms with E-state index in [9.17, 15) is 22.4 Å². The van der Waals surface area contributed by atoms with Crippen molar-refractivity contribution >= 4 is 6.03 Å². The first-order valence-electron chi connectivity index (χ1n) is 7.82. The number of likely N-dealkylation sites (tertiary alicyclic amines) is 1. The molecule has 1 heterocycles. The number of benzene rings is 1. The van der Waals surface area contributed by atoms with E-state index >= 15 is 0 Å². The van der Waals surface area contributed by atoms with E-state index in [-0.39, 0.29) is 17.8 Å². The van der Waals surface area contributed by atoms with E-state index in [1.54, 1.807) is 19.1 Å². The van der Waals surface area contributed by atoms with Gasteiger partial charge in [0.2, 0.25) is 0 Å². The highest BCUT2D eigenvalue weighted by Crippen LogP contribution is 2.22. The Kier molecular flexibility index (Phi) is 6.04. The number of hydrogen-bond acceptors (Lipinski definition) is 2. The highest BCUT2D eigenvalue weighted by Gasteiger charge is 2.34. The van der Waals surface area contributed by atoms with Crippen molar-refractivity contribution in [2.45, 2.75) is 25.6 Å². The van der Waals surface area contributed by atoms with Gasteiger partial charge in [0.15, 0.2) is 0 Å². The number of nitrogens with zero attached hydrogens (tertiary/aromatic N) is 1. The molecule has 0 unspecified atom stereocenters. The maximum atomic E-state index is 13.2. The summed E-state index contributed by atoms with van der Waals surface area (Å²) in [5.74, 6) is -0.375. The van der Waals surface area contributed by atoms with Gasteiger partial charge in [-0.3, -0.25) is 4.90 Å². The molecule has 0 saturated carbocycles. The number of alkyl halides is 3. The van der Waals surface area contributed by atoms with E-state index in [1.165, 1.54) is 17.0 Å². The van der Waals surface area contributed by atoms with Crippen molar-refractivity contribution < 1.29 is 22.4 Å². The SMILES string of the molecule is C[C@H](NC(=O)NC[C@@H]1CCN(CC(F)(F)F)C1)c1cccc(F)c1. The average molecular weight is 347 g/mol. The van der Waals surface area contributed by atoms with Crippen LogP contribution in [0, 0.1) is 11.7 Å². The molecular formula is C16H21F4N3O. The second-order valence-electron chi connectivity index (χ2n) is 6.14. The predicted octanol–water partition coefficient (Wildman–Crippen LogP) is 3.07. The smallest absolute Gasteiger partial charge is 0.338 e. The highest BCUT2D eigenvalue weighted by atomic mass is 19.4. The normalized spacial score (nSPS) is 20.0. The van der Waals surface area contributed by atoms with E-state index in [0.29, 0.717) is 31.6 Å². The van der Waals surface area contributed by atoms with Crippen LogP contribution in [-0.4, -0.2) is 43.3 Å². The van der Waals surface area contributed by atoms with Crippen LogP contribution in [0.1, 0.15) is 24.9 Å². The summed E-state index contributed by atoms with van der Waals surface area (Å²) < 4.78 is 50.2. The lowest BCUT2D eigenvalue weighted by atomic mass is 10.1. The number of carbonyl (C=O) groups excluding carboxylic acids is 1. The number of rotatable bonds is 5. The molecule has 0 radical (unpaired) electrons. The lowest BCUT2D eigenvalue weighted by Gasteiger charge is -2.19. The topological polar surface area (TPSA) is 44.4 Å². The van der Waals surface area contributed by atoms with Crippen molar-refractivity contribution in [3.8, 4) is 0 Å². The molecule has 2 amide bonds. The zero-order valence-electron chi connectivity index (χ0n) is 13.4. The maximum Gasteiger partial charge on any atom is 0.401 e. The number of hydrogen-bond donors (Lipinski definition) is 2. The molecule has 0 spiro atoms. The number of amides is 2. The summed E-state index contributed by atoms with van der Waals surface area (Å²) in [6, 6.07) is 5.15. The third-order valence-electron chi connectivity index (χ3n) is 4.02. The molecule has 1 fully saturated rings. The molecule has 2 N–H and O–H groups in total. The van der Waals surface area contributed by atoms with Gasteiger partial charge in [-0.15, -0.1) is 0 Å². The van der Waals surface area contributed by atoms with Crippen LogP contribution in [0.5, 0.6) is 0 Å². The molecule has 0 bridgehead atoms. The van der Waals surface area contributed by atoms with Crippen molar-refractivity contribution in [3.05, 3.63) is 35.6 Å². The highest BCUT2D eigenvalue weighted by molar-refractivity contribution is 5.74. The fourth-order valence-corrected chi connectivity index (χ4v) is 2.82. The second-order valence-corrected chi connectivity index (χ2v) is 6.14. The Bertz CT molecular complexity index is 564. The van der Waals surface area contributed by atoms with Gasteiger partial charge in [-0.2, -0.15) is 13.2 Å². The Balaban J connectivity index is 1.72. The van der Waals surface area contributed by atoms with Crippen LogP contribution in [0.2, 0.25) is 0 Å². The Morgan fingerprint density at radius 2 is 2.17 bits per heavy atom. The molecule has 134 valence electrons. The molecule has 8 heteroatoms. The molecule has 24 heavy (non-hydrogen) atoms. The summed E-state index contributed by atoms with van der Waals surface area (Å²) in [7, 11) is 0. The number of carbonyl (C=O) groups is 1. The Morgan fingerprint density at radius 3 is 2.83 bits per heavy atom. The number of urea groups is 1. The standard InChI is InChI=1S/C16H21F4N3O/c1-11(13-3-2-4-14(17)7-13)22-15(24)21-8-12-5-6-23(9-12)10-16(18,19)20/h2-4,7,11-12H,5-6,8-10H2,1H3,(H2,21,22,24)/t11-,12-/m0/s1. The van der Waals surface area contributed by atoms with E-state index < -0.39 is 18.8 Å². The zero-order chi connectivity index (χ0) is 17.7. The zero-order valence-corrected chi connectivity index (χ0v) is 13.4. The number of nitrogens with one attached hydrogen (secondary N) is 2. The monoisotopic (exact) mass is 347 g/mol. The van der Waals surface area contributed by atoms with Crippen molar-refractivity contribution in [3.63, 3.8) is 0 Å². The van der Waals surface area contributed by atoms with E-state index in [2.05, 4.69) is 10.6 Å². The van der Waals surface area contributed by atoms with Crippen LogP contribution in [0.15, 0.2) is 24.3 Å². The lowest BCUT2D eigenvalue weighted by Crippen LogP contribution is -2.40. The maximum absolute atomic E-state index is 13.2. The third-order valence-corrected chi connectivity index (χ3v) is 4.02. The van der Waals surface area contributed by atoms with Gasteiger partial charge in [0.25, 0.3) is 0 Å². The Hall–Kier alpha value is -1.83. The van der Waals surface area contributed by atoms with Gasteiger partial charge in [0.1, 0.15) is 5.82 Å². The molecule has 0 aliphatic carbocycles. The van der Waals surface area contributed by atoms with Crippen LogP contribution in [0.4, 0.5) is 22.4 Å². The molecular weight excluding hydrogens is 326 g/mol. The molecule has 1 aromatic carbocycles. The summed E-state index contributed by atoms with van der Waals surface area (Å²) in [6.07, 6.45) is -3.57. The van der Waals surface area contributed by atoms with Gasteiger partial charge >= 0.3 is 12.2 Å². The minimum atomic E-state index is -4.19. The van der Waals surface area contributed by atoms with Gasteiger partial charge in [0, 0.05) is 13.1 Å². The van der Waals surface area contributed by atoms with Crippen molar-refractivity contribution in [2.75, 3.05) is 26.2 Å². The Labute approximate surface area is 138 Å². The van der Waals surface area contributed by atoms with Gasteiger partial charge in [-0.25, -0.2) is 9.18 Å². The van der Waals surface area contributed by atoms with Crippen LogP contribution in [-0.2, 0) is 0 Å². The quantitative estimate of drug-likeness (QED) is 0.804. The molecule has 4 nitrogen and oxygen atoms in total. The molecule has 1 aromatic rings. The third kappa shape index (κ3) is 5.99. The first-order chi connectivity index (χ1) is 11.2. The minimum absolute atomic E-state index is 0.00239. The lowest BCUT2D eigenvalue weighted by molar-refractivity contribution is -0.143. The molecule has 1 aliphatic heterocycles.